The molecule has 3 heteroatoms. The van der Waals surface area contributed by atoms with Gasteiger partial charge >= 0.3 is 0 Å². The Labute approximate surface area is 95.3 Å². The molecule has 1 heterocycles. The number of oxazole rings is 1. The maximum Gasteiger partial charge on any atom is 0.226 e. The molecule has 0 saturated carbocycles. The van der Waals surface area contributed by atoms with Gasteiger partial charge in [0.2, 0.25) is 5.89 Å². The van der Waals surface area contributed by atoms with Crippen molar-refractivity contribution in [2.45, 2.75) is 27.2 Å². The van der Waals surface area contributed by atoms with Crippen molar-refractivity contribution < 1.29 is 4.42 Å². The van der Waals surface area contributed by atoms with Gasteiger partial charge in [-0.05, 0) is 31.5 Å². The van der Waals surface area contributed by atoms with Gasteiger partial charge in [0, 0.05) is 17.7 Å². The zero-order chi connectivity index (χ0) is 11.7. The Bertz CT molecular complexity index is 515. The molecule has 0 atom stereocenters. The van der Waals surface area contributed by atoms with E-state index in [1.807, 2.05) is 32.0 Å². The smallest absolute Gasteiger partial charge is 0.226 e. The number of rotatable bonds is 2. The van der Waals surface area contributed by atoms with E-state index in [1.54, 1.807) is 0 Å². The fourth-order valence-electron chi connectivity index (χ4n) is 1.65. The predicted molar refractivity (Wildman–Crippen MR) is 65.2 cm³/mol. The molecule has 0 aliphatic rings. The fourth-order valence-corrected chi connectivity index (χ4v) is 1.65. The van der Waals surface area contributed by atoms with Gasteiger partial charge in [-0.2, -0.15) is 0 Å². The molecule has 1 aromatic heterocycles. The summed E-state index contributed by atoms with van der Waals surface area (Å²) >= 11 is 0. The molecule has 16 heavy (non-hydrogen) atoms. The summed E-state index contributed by atoms with van der Waals surface area (Å²) in [7, 11) is 0. The van der Waals surface area contributed by atoms with Gasteiger partial charge in [-0.25, -0.2) is 4.98 Å². The predicted octanol–water partition coefficient (Wildman–Crippen LogP) is 3.10. The van der Waals surface area contributed by atoms with Gasteiger partial charge in [0.1, 0.15) is 5.76 Å². The topological polar surface area (TPSA) is 52.0 Å². The summed E-state index contributed by atoms with van der Waals surface area (Å²) in [4.78, 5) is 4.40. The van der Waals surface area contributed by atoms with E-state index in [-0.39, 0.29) is 0 Å². The Morgan fingerprint density at radius 2 is 2.06 bits per heavy atom. The van der Waals surface area contributed by atoms with E-state index in [4.69, 9.17) is 10.2 Å². The average Bonchev–Trinajstić information content (AvgIpc) is 2.64. The molecule has 2 N–H and O–H groups in total. The third kappa shape index (κ3) is 1.81. The maximum absolute atomic E-state index is 5.87. The van der Waals surface area contributed by atoms with Crippen LogP contribution >= 0.6 is 0 Å². The van der Waals surface area contributed by atoms with Crippen molar-refractivity contribution in [3.05, 3.63) is 35.2 Å². The molecule has 84 valence electrons. The molecular formula is C13H16N2O. The first-order valence-electron chi connectivity index (χ1n) is 5.44. The average molecular weight is 216 g/mol. The molecule has 0 radical (unpaired) electrons. The number of aryl methyl sites for hydroxylation is 3. The van der Waals surface area contributed by atoms with E-state index in [1.165, 1.54) is 0 Å². The molecular weight excluding hydrogens is 200 g/mol. The van der Waals surface area contributed by atoms with Gasteiger partial charge in [-0.1, -0.05) is 13.0 Å². The number of hydrogen-bond donors (Lipinski definition) is 1. The number of nitrogens with two attached hydrogens (primary N) is 1. The van der Waals surface area contributed by atoms with Gasteiger partial charge in [0.05, 0.1) is 5.69 Å². The normalized spacial score (nSPS) is 10.7. The number of nitrogen functional groups attached to an aromatic ring is 1. The molecule has 0 aliphatic heterocycles. The number of aromatic nitrogens is 1. The summed E-state index contributed by atoms with van der Waals surface area (Å²) in [5, 5.41) is 0. The third-order valence-corrected chi connectivity index (χ3v) is 2.74. The van der Waals surface area contributed by atoms with Crippen LogP contribution in [0.3, 0.4) is 0 Å². The highest BCUT2D eigenvalue weighted by Crippen LogP contribution is 2.25. The fraction of sp³-hybridized carbons (Fsp3) is 0.308. The molecule has 2 rings (SSSR count). The van der Waals surface area contributed by atoms with Gasteiger partial charge < -0.3 is 10.2 Å². The first-order chi connectivity index (χ1) is 7.61. The summed E-state index contributed by atoms with van der Waals surface area (Å²) in [5.41, 5.74) is 9.60. The van der Waals surface area contributed by atoms with Crippen molar-refractivity contribution in [2.75, 3.05) is 5.73 Å². The van der Waals surface area contributed by atoms with Crippen molar-refractivity contribution in [2.24, 2.45) is 0 Å². The molecule has 0 bridgehead atoms. The molecule has 0 aliphatic carbocycles. The van der Waals surface area contributed by atoms with Crippen LogP contribution in [0.1, 0.15) is 23.9 Å². The van der Waals surface area contributed by atoms with E-state index < -0.39 is 0 Å². The van der Waals surface area contributed by atoms with Crippen LogP contribution < -0.4 is 5.73 Å². The van der Waals surface area contributed by atoms with E-state index in [0.717, 1.165) is 34.7 Å². The van der Waals surface area contributed by atoms with Crippen LogP contribution in [0.15, 0.2) is 22.6 Å². The van der Waals surface area contributed by atoms with Crippen molar-refractivity contribution in [3.63, 3.8) is 0 Å². The van der Waals surface area contributed by atoms with E-state index in [9.17, 15) is 0 Å². The Balaban J connectivity index is 2.46. The minimum atomic E-state index is 0.654. The van der Waals surface area contributed by atoms with Gasteiger partial charge in [-0.3, -0.25) is 0 Å². The minimum absolute atomic E-state index is 0.654. The minimum Gasteiger partial charge on any atom is -0.441 e. The molecule has 0 fully saturated rings. The summed E-state index contributed by atoms with van der Waals surface area (Å²) in [6.07, 6.45) is 0.861. The molecule has 2 aromatic rings. The Morgan fingerprint density at radius 3 is 2.62 bits per heavy atom. The SMILES string of the molecule is CCc1oc(-c2ccc(C)c(N)c2)nc1C. The van der Waals surface area contributed by atoms with Crippen LogP contribution in [-0.2, 0) is 6.42 Å². The largest absolute Gasteiger partial charge is 0.441 e. The quantitative estimate of drug-likeness (QED) is 0.785. The lowest BCUT2D eigenvalue weighted by molar-refractivity contribution is 0.522. The van der Waals surface area contributed by atoms with Gasteiger partial charge in [0.15, 0.2) is 0 Å². The van der Waals surface area contributed by atoms with Crippen molar-refractivity contribution in [1.82, 2.24) is 4.98 Å². The van der Waals surface area contributed by atoms with Crippen molar-refractivity contribution in [1.29, 1.82) is 0 Å². The lowest BCUT2D eigenvalue weighted by Crippen LogP contribution is -1.89. The van der Waals surface area contributed by atoms with Crippen LogP contribution in [0.2, 0.25) is 0 Å². The standard InChI is InChI=1S/C13H16N2O/c1-4-12-9(3)15-13(16-12)10-6-5-8(2)11(14)7-10/h5-7H,4,14H2,1-3H3. The lowest BCUT2D eigenvalue weighted by atomic mass is 10.1. The molecule has 0 unspecified atom stereocenters. The van der Waals surface area contributed by atoms with Crippen LogP contribution in [0.4, 0.5) is 5.69 Å². The Kier molecular flexibility index (Phi) is 2.69. The van der Waals surface area contributed by atoms with Crippen LogP contribution in [0.25, 0.3) is 11.5 Å². The summed E-state index contributed by atoms with van der Waals surface area (Å²) in [6.45, 7) is 6.00. The van der Waals surface area contributed by atoms with E-state index in [0.29, 0.717) is 5.89 Å². The van der Waals surface area contributed by atoms with Crippen LogP contribution in [0.5, 0.6) is 0 Å². The van der Waals surface area contributed by atoms with Gasteiger partial charge in [0.25, 0.3) is 0 Å². The van der Waals surface area contributed by atoms with E-state index in [2.05, 4.69) is 11.9 Å². The molecule has 0 spiro atoms. The molecule has 0 saturated heterocycles. The first kappa shape index (κ1) is 10.7. The van der Waals surface area contributed by atoms with Crippen molar-refractivity contribution in [3.8, 4) is 11.5 Å². The van der Waals surface area contributed by atoms with E-state index >= 15 is 0 Å². The highest BCUT2D eigenvalue weighted by Gasteiger charge is 2.10. The highest BCUT2D eigenvalue weighted by atomic mass is 16.4. The van der Waals surface area contributed by atoms with Gasteiger partial charge in [-0.15, -0.1) is 0 Å². The second-order valence-corrected chi connectivity index (χ2v) is 3.95. The Hall–Kier alpha value is -1.77. The molecule has 0 amide bonds. The number of hydrogen-bond acceptors (Lipinski definition) is 3. The second kappa shape index (κ2) is 4.00. The third-order valence-electron chi connectivity index (χ3n) is 2.74. The maximum atomic E-state index is 5.87. The van der Waals surface area contributed by atoms with Crippen LogP contribution in [-0.4, -0.2) is 4.98 Å². The Morgan fingerprint density at radius 1 is 1.31 bits per heavy atom. The van der Waals surface area contributed by atoms with Crippen molar-refractivity contribution >= 4 is 5.69 Å². The molecule has 3 nitrogen and oxygen atoms in total. The highest BCUT2D eigenvalue weighted by molar-refractivity contribution is 5.62. The number of anilines is 1. The van der Waals surface area contributed by atoms with Crippen LogP contribution in [0, 0.1) is 13.8 Å². The number of benzene rings is 1. The monoisotopic (exact) mass is 216 g/mol. The number of nitrogens with zero attached hydrogens (tertiary/aromatic N) is 1. The first-order valence-corrected chi connectivity index (χ1v) is 5.44. The summed E-state index contributed by atoms with van der Waals surface area (Å²) < 4.78 is 5.68. The lowest BCUT2D eigenvalue weighted by Gasteiger charge is -2.01. The second-order valence-electron chi connectivity index (χ2n) is 3.95. The summed E-state index contributed by atoms with van der Waals surface area (Å²) in [5.74, 6) is 1.59. The zero-order valence-electron chi connectivity index (χ0n) is 9.87. The molecule has 1 aromatic carbocycles. The summed E-state index contributed by atoms with van der Waals surface area (Å²) in [6, 6.07) is 5.87. The zero-order valence-corrected chi connectivity index (χ0v) is 9.87.